The van der Waals surface area contributed by atoms with Crippen LogP contribution in [0.1, 0.15) is 36.5 Å². The number of rotatable bonds is 9. The maximum absolute atomic E-state index is 12.4. The molecule has 2 rings (SSSR count). The molecule has 0 radical (unpaired) electrons. The Hall–Kier alpha value is -2.49. The molecule has 140 valence electrons. The van der Waals surface area contributed by atoms with Gasteiger partial charge in [-0.05, 0) is 62.4 Å². The van der Waals surface area contributed by atoms with Crippen molar-refractivity contribution in [2.24, 2.45) is 0 Å². The molecule has 0 aromatic heterocycles. The molecule has 2 aromatic carbocycles. The molecule has 0 fully saturated rings. The zero-order valence-corrected chi connectivity index (χ0v) is 16.2. The molecule has 1 atom stereocenters. The molecule has 1 N–H and O–H groups in total. The van der Waals surface area contributed by atoms with E-state index in [4.69, 9.17) is 9.47 Å². The van der Waals surface area contributed by atoms with E-state index in [1.165, 1.54) is 11.1 Å². The number of carbonyl (C=O) groups is 1. The number of nitrogens with one attached hydrogen (secondary N) is 1. The van der Waals surface area contributed by atoms with E-state index in [2.05, 4.69) is 23.5 Å². The predicted octanol–water partition coefficient (Wildman–Crippen LogP) is 4.22. The third kappa shape index (κ3) is 5.80. The Bertz CT molecular complexity index is 710. The molecule has 0 heterocycles. The highest BCUT2D eigenvalue weighted by Crippen LogP contribution is 2.21. The van der Waals surface area contributed by atoms with Crippen molar-refractivity contribution in [1.82, 2.24) is 5.32 Å². The summed E-state index contributed by atoms with van der Waals surface area (Å²) in [5.74, 6) is 1.58. The van der Waals surface area contributed by atoms with E-state index >= 15 is 0 Å². The van der Waals surface area contributed by atoms with Gasteiger partial charge in [0.15, 0.2) is 6.10 Å². The lowest BCUT2D eigenvalue weighted by Crippen LogP contribution is -2.38. The summed E-state index contributed by atoms with van der Waals surface area (Å²) in [6.07, 6.45) is 1.98. The normalized spacial score (nSPS) is 11.7. The van der Waals surface area contributed by atoms with Gasteiger partial charge in [0.1, 0.15) is 11.5 Å². The summed E-state index contributed by atoms with van der Waals surface area (Å²) >= 11 is 0. The quantitative estimate of drug-likeness (QED) is 0.685. The molecule has 0 saturated carbocycles. The summed E-state index contributed by atoms with van der Waals surface area (Å²) in [4.78, 5) is 12.4. The first-order chi connectivity index (χ1) is 12.5. The van der Waals surface area contributed by atoms with Gasteiger partial charge in [-0.1, -0.05) is 36.8 Å². The smallest absolute Gasteiger partial charge is 0.261 e. The van der Waals surface area contributed by atoms with Crippen LogP contribution in [0.2, 0.25) is 0 Å². The molecule has 0 aliphatic rings. The Labute approximate surface area is 156 Å². The molecule has 4 heteroatoms. The van der Waals surface area contributed by atoms with Gasteiger partial charge in [0, 0.05) is 6.54 Å². The molecule has 0 spiro atoms. The van der Waals surface area contributed by atoms with E-state index in [0.29, 0.717) is 13.0 Å². The first-order valence-corrected chi connectivity index (χ1v) is 9.18. The van der Waals surface area contributed by atoms with Crippen molar-refractivity contribution >= 4 is 5.91 Å². The summed E-state index contributed by atoms with van der Waals surface area (Å²) < 4.78 is 11.1. The minimum atomic E-state index is -0.461. The Morgan fingerprint density at radius 3 is 2.46 bits per heavy atom. The van der Waals surface area contributed by atoms with Crippen LogP contribution in [0.25, 0.3) is 0 Å². The first-order valence-electron chi connectivity index (χ1n) is 9.18. The zero-order valence-electron chi connectivity index (χ0n) is 16.2. The summed E-state index contributed by atoms with van der Waals surface area (Å²) in [5, 5.41) is 2.99. The van der Waals surface area contributed by atoms with Gasteiger partial charge in [-0.15, -0.1) is 0 Å². The van der Waals surface area contributed by atoms with Crippen LogP contribution in [0.15, 0.2) is 42.5 Å². The second-order valence-corrected chi connectivity index (χ2v) is 6.53. The topological polar surface area (TPSA) is 47.6 Å². The average Bonchev–Trinajstić information content (AvgIpc) is 2.65. The van der Waals surface area contributed by atoms with Gasteiger partial charge >= 0.3 is 0 Å². The summed E-state index contributed by atoms with van der Waals surface area (Å²) in [6.45, 7) is 6.65. The third-order valence-electron chi connectivity index (χ3n) is 4.36. The Morgan fingerprint density at radius 1 is 1.12 bits per heavy atom. The predicted molar refractivity (Wildman–Crippen MR) is 105 cm³/mol. The molecular formula is C22H29NO3. The highest BCUT2D eigenvalue weighted by molar-refractivity contribution is 5.81. The molecule has 0 bridgehead atoms. The fourth-order valence-electron chi connectivity index (χ4n) is 2.82. The van der Waals surface area contributed by atoms with E-state index in [9.17, 15) is 4.79 Å². The van der Waals surface area contributed by atoms with Crippen molar-refractivity contribution in [2.75, 3.05) is 13.7 Å². The van der Waals surface area contributed by atoms with Crippen molar-refractivity contribution in [1.29, 1.82) is 0 Å². The van der Waals surface area contributed by atoms with Crippen molar-refractivity contribution in [2.45, 2.75) is 46.1 Å². The largest absolute Gasteiger partial charge is 0.497 e. The van der Waals surface area contributed by atoms with Crippen LogP contribution in [0.3, 0.4) is 0 Å². The maximum Gasteiger partial charge on any atom is 0.261 e. The number of carbonyl (C=O) groups excluding carboxylic acids is 1. The number of benzene rings is 2. The average molecular weight is 355 g/mol. The van der Waals surface area contributed by atoms with Crippen molar-refractivity contribution < 1.29 is 14.3 Å². The van der Waals surface area contributed by atoms with Crippen LogP contribution < -0.4 is 14.8 Å². The molecule has 1 amide bonds. The van der Waals surface area contributed by atoms with Gasteiger partial charge in [0.05, 0.1) is 7.11 Å². The van der Waals surface area contributed by atoms with Gasteiger partial charge in [0.2, 0.25) is 0 Å². The lowest BCUT2D eigenvalue weighted by Gasteiger charge is -2.19. The summed E-state index contributed by atoms with van der Waals surface area (Å²) in [7, 11) is 1.66. The van der Waals surface area contributed by atoms with Gasteiger partial charge < -0.3 is 14.8 Å². The first kappa shape index (κ1) is 19.8. The van der Waals surface area contributed by atoms with Gasteiger partial charge in [0.25, 0.3) is 5.91 Å². The molecule has 0 unspecified atom stereocenters. The van der Waals surface area contributed by atoms with Crippen LogP contribution in [-0.2, 0) is 11.2 Å². The van der Waals surface area contributed by atoms with Crippen LogP contribution in [0.5, 0.6) is 11.5 Å². The van der Waals surface area contributed by atoms with E-state index in [1.807, 2.05) is 45.0 Å². The van der Waals surface area contributed by atoms with Crippen LogP contribution in [0.4, 0.5) is 0 Å². The number of amides is 1. The monoisotopic (exact) mass is 355 g/mol. The lowest BCUT2D eigenvalue weighted by molar-refractivity contribution is -0.128. The zero-order chi connectivity index (χ0) is 18.9. The van der Waals surface area contributed by atoms with E-state index in [1.54, 1.807) is 7.11 Å². The number of hydrogen-bond acceptors (Lipinski definition) is 3. The van der Waals surface area contributed by atoms with Crippen molar-refractivity contribution in [3.05, 3.63) is 59.2 Å². The maximum atomic E-state index is 12.4. The molecule has 0 saturated heterocycles. The van der Waals surface area contributed by atoms with Crippen molar-refractivity contribution in [3.8, 4) is 11.5 Å². The van der Waals surface area contributed by atoms with Gasteiger partial charge in [-0.25, -0.2) is 0 Å². The number of hydrogen-bond donors (Lipinski definition) is 1. The molecule has 2 aromatic rings. The van der Waals surface area contributed by atoms with E-state index in [-0.39, 0.29) is 5.91 Å². The second-order valence-electron chi connectivity index (χ2n) is 6.53. The molecule has 26 heavy (non-hydrogen) atoms. The van der Waals surface area contributed by atoms with Crippen molar-refractivity contribution in [3.63, 3.8) is 0 Å². The highest BCUT2D eigenvalue weighted by atomic mass is 16.5. The van der Waals surface area contributed by atoms with Gasteiger partial charge in [-0.2, -0.15) is 0 Å². The van der Waals surface area contributed by atoms with Crippen LogP contribution >= 0.6 is 0 Å². The SMILES string of the molecule is CC[C@@H](Oc1ccc(C)cc1C)C(=O)NCCCc1ccc(OC)cc1. The Balaban J connectivity index is 1.79. The van der Waals surface area contributed by atoms with Gasteiger partial charge in [-0.3, -0.25) is 4.79 Å². The number of aryl methyl sites for hydroxylation is 3. The third-order valence-corrected chi connectivity index (χ3v) is 4.36. The Kier molecular flexibility index (Phi) is 7.52. The fraction of sp³-hybridized carbons (Fsp3) is 0.409. The standard InChI is InChI=1S/C22H29NO3/c1-5-20(26-21-13-8-16(2)15-17(21)3)22(24)23-14-6-7-18-9-11-19(25-4)12-10-18/h8-13,15,20H,5-7,14H2,1-4H3,(H,23,24)/t20-/m1/s1. The number of ether oxygens (including phenoxy) is 2. The van der Waals surface area contributed by atoms with Crippen LogP contribution in [0, 0.1) is 13.8 Å². The molecule has 4 nitrogen and oxygen atoms in total. The van der Waals surface area contributed by atoms with E-state index < -0.39 is 6.10 Å². The lowest BCUT2D eigenvalue weighted by atomic mass is 10.1. The second kappa shape index (κ2) is 9.85. The molecule has 0 aliphatic heterocycles. The fourth-order valence-corrected chi connectivity index (χ4v) is 2.82. The minimum absolute atomic E-state index is 0.0535. The summed E-state index contributed by atoms with van der Waals surface area (Å²) in [6, 6.07) is 14.0. The Morgan fingerprint density at radius 2 is 1.85 bits per heavy atom. The number of methoxy groups -OCH3 is 1. The summed E-state index contributed by atoms with van der Waals surface area (Å²) in [5.41, 5.74) is 3.47. The molecule has 0 aliphatic carbocycles. The highest BCUT2D eigenvalue weighted by Gasteiger charge is 2.18. The van der Waals surface area contributed by atoms with Crippen LogP contribution in [-0.4, -0.2) is 25.7 Å². The minimum Gasteiger partial charge on any atom is -0.497 e. The van der Waals surface area contributed by atoms with E-state index in [0.717, 1.165) is 29.9 Å². The molecular weight excluding hydrogens is 326 g/mol.